The van der Waals surface area contributed by atoms with E-state index in [9.17, 15) is 9.59 Å². The number of furan rings is 1. The van der Waals surface area contributed by atoms with Crippen LogP contribution in [-0.2, 0) is 9.59 Å². The number of carbonyl (C=O) groups excluding carboxylic acids is 2. The maximum Gasteiger partial charge on any atom is 0.222 e. The summed E-state index contributed by atoms with van der Waals surface area (Å²) >= 11 is 0. The molecule has 2 N–H and O–H groups in total. The van der Waals surface area contributed by atoms with Crippen molar-refractivity contribution in [1.29, 1.82) is 0 Å². The summed E-state index contributed by atoms with van der Waals surface area (Å²) in [6.07, 6.45) is 1.75. The van der Waals surface area contributed by atoms with Crippen LogP contribution in [-0.4, -0.2) is 11.8 Å². The van der Waals surface area contributed by atoms with Crippen LogP contribution in [0.2, 0.25) is 0 Å². The summed E-state index contributed by atoms with van der Waals surface area (Å²) in [5, 5.41) is 5.71. The lowest BCUT2D eigenvalue weighted by Gasteiger charge is -2.19. The predicted octanol–water partition coefficient (Wildman–Crippen LogP) is 3.03. The Hall–Kier alpha value is -2.56. The summed E-state index contributed by atoms with van der Waals surface area (Å²) < 4.78 is 5.28. The minimum absolute atomic E-state index is 0.145. The number of nitrogens with one attached hydrogen (secondary N) is 2. The van der Waals surface area contributed by atoms with Crippen molar-refractivity contribution in [1.82, 2.24) is 10.6 Å². The van der Waals surface area contributed by atoms with Gasteiger partial charge >= 0.3 is 0 Å². The van der Waals surface area contributed by atoms with Gasteiger partial charge in [0, 0.05) is 6.92 Å². The summed E-state index contributed by atoms with van der Waals surface area (Å²) in [5.74, 6) is 0.389. The van der Waals surface area contributed by atoms with Gasteiger partial charge in [-0.15, -0.1) is 0 Å². The number of carbonyl (C=O) groups is 2. The molecule has 1 aromatic carbocycles. The molecule has 0 spiro atoms. The lowest BCUT2D eigenvalue weighted by Crippen LogP contribution is -2.33. The van der Waals surface area contributed by atoms with E-state index in [4.69, 9.17) is 4.42 Å². The van der Waals surface area contributed by atoms with Crippen molar-refractivity contribution in [3.8, 4) is 0 Å². The first-order valence-electron chi connectivity index (χ1n) is 7.62. The van der Waals surface area contributed by atoms with Crippen LogP contribution in [0.3, 0.4) is 0 Å². The highest BCUT2D eigenvalue weighted by molar-refractivity contribution is 5.79. The Morgan fingerprint density at radius 2 is 1.83 bits per heavy atom. The summed E-state index contributed by atoms with van der Waals surface area (Å²) in [4.78, 5) is 23.7. The van der Waals surface area contributed by atoms with Crippen molar-refractivity contribution in [3.63, 3.8) is 0 Å². The second kappa shape index (κ2) is 7.63. The van der Waals surface area contributed by atoms with Gasteiger partial charge < -0.3 is 15.1 Å². The number of aryl methyl sites for hydroxylation is 1. The maximum absolute atomic E-state index is 12.3. The van der Waals surface area contributed by atoms with Crippen molar-refractivity contribution in [3.05, 3.63) is 59.5 Å². The normalized spacial score (nSPS) is 13.2. The van der Waals surface area contributed by atoms with Crippen LogP contribution in [0.1, 0.15) is 49.2 Å². The smallest absolute Gasteiger partial charge is 0.222 e. The minimum Gasteiger partial charge on any atom is -0.467 e. The minimum atomic E-state index is -0.350. The SMILES string of the molecule is CC(=O)N[C@@H](CC(=O)N[C@@H](C)c1ccco1)c1ccc(C)cc1. The van der Waals surface area contributed by atoms with Gasteiger partial charge in [0.25, 0.3) is 0 Å². The number of benzene rings is 1. The van der Waals surface area contributed by atoms with Crippen molar-refractivity contribution < 1.29 is 14.0 Å². The Morgan fingerprint density at radius 3 is 2.39 bits per heavy atom. The first-order valence-corrected chi connectivity index (χ1v) is 7.62. The zero-order chi connectivity index (χ0) is 16.8. The van der Waals surface area contributed by atoms with Crippen LogP contribution in [0, 0.1) is 6.92 Å². The highest BCUT2D eigenvalue weighted by Crippen LogP contribution is 2.19. The van der Waals surface area contributed by atoms with Crippen LogP contribution < -0.4 is 10.6 Å². The first-order chi connectivity index (χ1) is 11.0. The molecule has 5 heteroatoms. The molecule has 2 amide bonds. The lowest BCUT2D eigenvalue weighted by atomic mass is 10.0. The Bertz CT molecular complexity index is 647. The summed E-state index contributed by atoms with van der Waals surface area (Å²) in [5.41, 5.74) is 2.04. The first kappa shape index (κ1) is 16.8. The van der Waals surface area contributed by atoms with Crippen molar-refractivity contribution in [2.24, 2.45) is 0 Å². The molecule has 2 aromatic rings. The van der Waals surface area contributed by atoms with Gasteiger partial charge in [-0.25, -0.2) is 0 Å². The molecule has 23 heavy (non-hydrogen) atoms. The fourth-order valence-electron chi connectivity index (χ4n) is 2.39. The van der Waals surface area contributed by atoms with E-state index >= 15 is 0 Å². The Labute approximate surface area is 136 Å². The molecule has 1 heterocycles. The van der Waals surface area contributed by atoms with Crippen molar-refractivity contribution >= 4 is 11.8 Å². The zero-order valence-corrected chi connectivity index (χ0v) is 13.6. The van der Waals surface area contributed by atoms with Crippen LogP contribution in [0.15, 0.2) is 47.1 Å². The lowest BCUT2D eigenvalue weighted by molar-refractivity contribution is -0.123. The molecule has 0 saturated carbocycles. The quantitative estimate of drug-likeness (QED) is 0.861. The topological polar surface area (TPSA) is 71.3 Å². The van der Waals surface area contributed by atoms with E-state index < -0.39 is 0 Å². The van der Waals surface area contributed by atoms with E-state index in [0.29, 0.717) is 5.76 Å². The monoisotopic (exact) mass is 314 g/mol. The summed E-state index contributed by atoms with van der Waals surface area (Å²) in [6.45, 7) is 5.30. The Balaban J connectivity index is 2.03. The van der Waals surface area contributed by atoms with Gasteiger partial charge in [-0.1, -0.05) is 29.8 Å². The standard InChI is InChI=1S/C18H22N2O3/c1-12-6-8-15(9-7-12)16(20-14(3)21)11-18(22)19-13(2)17-5-4-10-23-17/h4-10,13,16H,11H2,1-3H3,(H,19,22)(H,20,21)/t13-,16-/m0/s1. The third-order valence-corrected chi connectivity index (χ3v) is 3.59. The molecule has 122 valence electrons. The second-order valence-electron chi connectivity index (χ2n) is 5.67. The van der Waals surface area contributed by atoms with E-state index in [2.05, 4.69) is 10.6 Å². The number of rotatable bonds is 6. The largest absolute Gasteiger partial charge is 0.467 e. The van der Waals surface area contributed by atoms with Crippen molar-refractivity contribution in [2.45, 2.75) is 39.3 Å². The van der Waals surface area contributed by atoms with Gasteiger partial charge in [0.15, 0.2) is 0 Å². The molecule has 0 unspecified atom stereocenters. The molecule has 0 bridgehead atoms. The predicted molar refractivity (Wildman–Crippen MR) is 87.6 cm³/mol. The van der Waals surface area contributed by atoms with E-state index in [-0.39, 0.29) is 30.3 Å². The maximum atomic E-state index is 12.3. The van der Waals surface area contributed by atoms with Gasteiger partial charge in [0.2, 0.25) is 11.8 Å². The van der Waals surface area contributed by atoms with Crippen LogP contribution >= 0.6 is 0 Å². The van der Waals surface area contributed by atoms with Crippen LogP contribution in [0.25, 0.3) is 0 Å². The van der Waals surface area contributed by atoms with Crippen LogP contribution in [0.5, 0.6) is 0 Å². The molecule has 5 nitrogen and oxygen atoms in total. The van der Waals surface area contributed by atoms with E-state index in [1.807, 2.05) is 44.2 Å². The van der Waals surface area contributed by atoms with E-state index in [1.54, 1.807) is 12.3 Å². The van der Waals surface area contributed by atoms with Gasteiger partial charge in [-0.2, -0.15) is 0 Å². The third-order valence-electron chi connectivity index (χ3n) is 3.59. The van der Waals surface area contributed by atoms with E-state index in [1.165, 1.54) is 6.92 Å². The van der Waals surface area contributed by atoms with Gasteiger partial charge in [-0.3, -0.25) is 9.59 Å². The molecule has 0 fully saturated rings. The molecule has 1 aromatic heterocycles. The highest BCUT2D eigenvalue weighted by atomic mass is 16.3. The molecule has 0 radical (unpaired) electrons. The average molecular weight is 314 g/mol. The summed E-state index contributed by atoms with van der Waals surface area (Å²) in [7, 11) is 0. The van der Waals surface area contributed by atoms with Crippen LogP contribution in [0.4, 0.5) is 0 Å². The third kappa shape index (κ3) is 4.98. The Morgan fingerprint density at radius 1 is 1.13 bits per heavy atom. The van der Waals surface area contributed by atoms with Gasteiger partial charge in [-0.05, 0) is 31.5 Å². The fourth-order valence-corrected chi connectivity index (χ4v) is 2.39. The zero-order valence-electron chi connectivity index (χ0n) is 13.6. The van der Waals surface area contributed by atoms with Gasteiger partial charge in [0.1, 0.15) is 5.76 Å². The number of hydrogen-bond donors (Lipinski definition) is 2. The average Bonchev–Trinajstić information content (AvgIpc) is 3.01. The molecule has 2 atom stereocenters. The fraction of sp³-hybridized carbons (Fsp3) is 0.333. The Kier molecular flexibility index (Phi) is 5.57. The van der Waals surface area contributed by atoms with E-state index in [0.717, 1.165) is 11.1 Å². The molecule has 2 rings (SSSR count). The number of amides is 2. The molecule has 0 aliphatic carbocycles. The van der Waals surface area contributed by atoms with Crippen molar-refractivity contribution in [2.75, 3.05) is 0 Å². The number of hydrogen-bond acceptors (Lipinski definition) is 3. The highest BCUT2D eigenvalue weighted by Gasteiger charge is 2.19. The second-order valence-corrected chi connectivity index (χ2v) is 5.67. The summed E-state index contributed by atoms with van der Waals surface area (Å²) in [6, 6.07) is 10.8. The molecule has 0 saturated heterocycles. The molecular weight excluding hydrogens is 292 g/mol. The van der Waals surface area contributed by atoms with Gasteiger partial charge in [0.05, 0.1) is 24.8 Å². The molecule has 0 aliphatic rings. The molecule has 0 aliphatic heterocycles. The molecular formula is C18H22N2O3.